The molecule has 1 amide bonds. The zero-order chi connectivity index (χ0) is 15.5. The van der Waals surface area contributed by atoms with Crippen LogP contribution in [0.3, 0.4) is 0 Å². The van der Waals surface area contributed by atoms with Crippen LogP contribution in [0.5, 0.6) is 0 Å². The highest BCUT2D eigenvalue weighted by atomic mass is 35.5. The molecule has 1 aromatic rings. The van der Waals surface area contributed by atoms with Gasteiger partial charge in [-0.25, -0.2) is 8.78 Å². The van der Waals surface area contributed by atoms with Crippen molar-refractivity contribution in [3.63, 3.8) is 0 Å². The molecule has 1 fully saturated rings. The maximum absolute atomic E-state index is 13.7. The number of carbonyl (C=O) groups excluding carboxylic acids is 1. The Bertz CT molecular complexity index is 502. The van der Waals surface area contributed by atoms with E-state index in [4.69, 9.17) is 4.74 Å². The number of hydrogen-bond acceptors (Lipinski definition) is 3. The van der Waals surface area contributed by atoms with Crippen LogP contribution in [-0.2, 0) is 9.53 Å². The van der Waals surface area contributed by atoms with Gasteiger partial charge < -0.3 is 15.4 Å². The Hall–Kier alpha value is -1.24. The molecule has 2 rings (SSSR count). The number of nitrogens with one attached hydrogen (secondary N) is 2. The van der Waals surface area contributed by atoms with Crippen molar-refractivity contribution in [2.45, 2.75) is 31.4 Å². The summed E-state index contributed by atoms with van der Waals surface area (Å²) in [5.41, 5.74) is -1.06. The molecule has 0 bridgehead atoms. The first-order chi connectivity index (χ1) is 10.00. The van der Waals surface area contributed by atoms with Gasteiger partial charge in [0.15, 0.2) is 0 Å². The van der Waals surface area contributed by atoms with E-state index < -0.39 is 23.3 Å². The van der Waals surface area contributed by atoms with Crippen LogP contribution in [0.2, 0.25) is 0 Å². The smallest absolute Gasteiger partial charge is 0.252 e. The van der Waals surface area contributed by atoms with Gasteiger partial charge in [0, 0.05) is 12.7 Å². The average Bonchev–Trinajstić information content (AvgIpc) is 2.47. The summed E-state index contributed by atoms with van der Waals surface area (Å²) >= 11 is 0. The van der Waals surface area contributed by atoms with E-state index in [1.807, 2.05) is 0 Å². The van der Waals surface area contributed by atoms with Crippen LogP contribution in [0, 0.1) is 11.6 Å². The predicted octanol–water partition coefficient (Wildman–Crippen LogP) is 2.33. The first-order valence-corrected chi connectivity index (χ1v) is 7.01. The third-order valence-corrected chi connectivity index (χ3v) is 4.00. The molecule has 0 radical (unpaired) electrons. The highest BCUT2D eigenvalue weighted by molar-refractivity contribution is 5.86. The molecular formula is C15H21ClF2N2O2. The summed E-state index contributed by atoms with van der Waals surface area (Å²) in [6.07, 6.45) is 1.06. The molecule has 0 saturated carbocycles. The lowest BCUT2D eigenvalue weighted by atomic mass is 9.90. The van der Waals surface area contributed by atoms with Crippen LogP contribution in [0.15, 0.2) is 18.2 Å². The number of halogens is 3. The van der Waals surface area contributed by atoms with E-state index in [2.05, 4.69) is 10.6 Å². The van der Waals surface area contributed by atoms with E-state index in [1.165, 1.54) is 25.3 Å². The zero-order valence-electron chi connectivity index (χ0n) is 12.6. The van der Waals surface area contributed by atoms with Gasteiger partial charge >= 0.3 is 0 Å². The lowest BCUT2D eigenvalue weighted by Crippen LogP contribution is -2.54. The second kappa shape index (κ2) is 7.85. The Morgan fingerprint density at radius 1 is 1.32 bits per heavy atom. The molecule has 0 aliphatic carbocycles. The summed E-state index contributed by atoms with van der Waals surface area (Å²) in [6, 6.07) is 2.89. The standard InChI is InChI=1S/C15H20F2N2O2.ClH/c1-10(13-11(16)4-3-5-12(13)17)19-14(20)15(21-2)6-8-18-9-7-15;/h3-5,10,18H,6-9H2,1-2H3,(H,19,20);1H. The van der Waals surface area contributed by atoms with Crippen molar-refractivity contribution in [1.29, 1.82) is 0 Å². The lowest BCUT2D eigenvalue weighted by molar-refractivity contribution is -0.147. The van der Waals surface area contributed by atoms with Crippen molar-refractivity contribution >= 4 is 18.3 Å². The van der Waals surface area contributed by atoms with Crippen molar-refractivity contribution in [3.05, 3.63) is 35.4 Å². The second-order valence-electron chi connectivity index (χ2n) is 5.28. The van der Waals surface area contributed by atoms with E-state index in [9.17, 15) is 13.6 Å². The Labute approximate surface area is 135 Å². The van der Waals surface area contributed by atoms with Crippen LogP contribution < -0.4 is 10.6 Å². The fourth-order valence-electron chi connectivity index (χ4n) is 2.68. The Kier molecular flexibility index (Phi) is 6.71. The van der Waals surface area contributed by atoms with Gasteiger partial charge in [-0.2, -0.15) is 0 Å². The van der Waals surface area contributed by atoms with Crippen molar-refractivity contribution in [3.8, 4) is 0 Å². The largest absolute Gasteiger partial charge is 0.368 e. The van der Waals surface area contributed by atoms with Gasteiger partial charge in [0.25, 0.3) is 5.91 Å². The quantitative estimate of drug-likeness (QED) is 0.888. The van der Waals surface area contributed by atoms with Crippen molar-refractivity contribution in [2.75, 3.05) is 20.2 Å². The first-order valence-electron chi connectivity index (χ1n) is 7.01. The van der Waals surface area contributed by atoms with Gasteiger partial charge in [0.1, 0.15) is 17.2 Å². The van der Waals surface area contributed by atoms with Gasteiger partial charge in [-0.05, 0) is 45.0 Å². The molecule has 7 heteroatoms. The number of ether oxygens (including phenoxy) is 1. The number of carbonyl (C=O) groups is 1. The summed E-state index contributed by atoms with van der Waals surface area (Å²) in [5, 5.41) is 5.82. The Morgan fingerprint density at radius 3 is 2.36 bits per heavy atom. The van der Waals surface area contributed by atoms with Gasteiger partial charge in [0.05, 0.1) is 6.04 Å². The molecule has 1 aliphatic heterocycles. The molecule has 1 aromatic carbocycles. The van der Waals surface area contributed by atoms with Crippen LogP contribution in [-0.4, -0.2) is 31.7 Å². The van der Waals surface area contributed by atoms with E-state index in [0.29, 0.717) is 25.9 Å². The van der Waals surface area contributed by atoms with Gasteiger partial charge in [0.2, 0.25) is 0 Å². The summed E-state index contributed by atoms with van der Waals surface area (Å²) in [4.78, 5) is 12.4. The third kappa shape index (κ3) is 3.74. The molecule has 2 N–H and O–H groups in total. The molecule has 22 heavy (non-hydrogen) atoms. The minimum atomic E-state index is -0.929. The molecule has 4 nitrogen and oxygen atoms in total. The SMILES string of the molecule is COC1(C(=O)NC(C)c2c(F)cccc2F)CCNCC1.Cl. The highest BCUT2D eigenvalue weighted by Gasteiger charge is 2.40. The molecule has 1 aliphatic rings. The Balaban J connectivity index is 0.00000242. The number of piperidine rings is 1. The summed E-state index contributed by atoms with van der Waals surface area (Å²) in [6.45, 7) is 2.90. The normalized spacial score (nSPS) is 18.2. The van der Waals surface area contributed by atoms with Gasteiger partial charge in [-0.1, -0.05) is 6.07 Å². The monoisotopic (exact) mass is 334 g/mol. The molecule has 1 unspecified atom stereocenters. The highest BCUT2D eigenvalue weighted by Crippen LogP contribution is 2.26. The molecule has 1 saturated heterocycles. The van der Waals surface area contributed by atoms with Crippen molar-refractivity contribution < 1.29 is 18.3 Å². The molecule has 0 spiro atoms. The summed E-state index contributed by atoms with van der Waals surface area (Å²) < 4.78 is 32.9. The minimum absolute atomic E-state index is 0. The van der Waals surface area contributed by atoms with Crippen LogP contribution in [0.25, 0.3) is 0 Å². The minimum Gasteiger partial charge on any atom is -0.368 e. The maximum Gasteiger partial charge on any atom is 0.252 e. The van der Waals surface area contributed by atoms with Crippen LogP contribution in [0.4, 0.5) is 8.78 Å². The molecule has 124 valence electrons. The van der Waals surface area contributed by atoms with Crippen LogP contribution >= 0.6 is 12.4 Å². The van der Waals surface area contributed by atoms with Gasteiger partial charge in [-0.15, -0.1) is 12.4 Å². The fourth-order valence-corrected chi connectivity index (χ4v) is 2.68. The lowest BCUT2D eigenvalue weighted by Gasteiger charge is -2.35. The van der Waals surface area contributed by atoms with E-state index in [1.54, 1.807) is 6.92 Å². The topological polar surface area (TPSA) is 50.4 Å². The molecule has 0 aromatic heterocycles. The number of methoxy groups -OCH3 is 1. The van der Waals surface area contributed by atoms with Gasteiger partial charge in [-0.3, -0.25) is 4.79 Å². The summed E-state index contributed by atoms with van der Waals surface area (Å²) in [7, 11) is 1.49. The fraction of sp³-hybridized carbons (Fsp3) is 0.533. The number of amides is 1. The maximum atomic E-state index is 13.7. The zero-order valence-corrected chi connectivity index (χ0v) is 13.4. The third-order valence-electron chi connectivity index (χ3n) is 4.00. The first kappa shape index (κ1) is 18.8. The Morgan fingerprint density at radius 2 is 1.86 bits per heavy atom. The average molecular weight is 335 g/mol. The second-order valence-corrected chi connectivity index (χ2v) is 5.28. The van der Waals surface area contributed by atoms with E-state index >= 15 is 0 Å². The van der Waals surface area contributed by atoms with E-state index in [0.717, 1.165) is 0 Å². The van der Waals surface area contributed by atoms with Crippen molar-refractivity contribution in [2.24, 2.45) is 0 Å². The van der Waals surface area contributed by atoms with Crippen LogP contribution in [0.1, 0.15) is 31.4 Å². The number of benzene rings is 1. The molecular weight excluding hydrogens is 314 g/mol. The molecule has 1 heterocycles. The predicted molar refractivity (Wildman–Crippen MR) is 82.0 cm³/mol. The number of hydrogen-bond donors (Lipinski definition) is 2. The van der Waals surface area contributed by atoms with E-state index in [-0.39, 0.29) is 23.9 Å². The van der Waals surface area contributed by atoms with Crippen molar-refractivity contribution in [1.82, 2.24) is 10.6 Å². The molecule has 1 atom stereocenters. The number of rotatable bonds is 4. The summed E-state index contributed by atoms with van der Waals surface area (Å²) in [5.74, 6) is -1.67.